The lowest BCUT2D eigenvalue weighted by Crippen LogP contribution is -2.46. The lowest BCUT2D eigenvalue weighted by molar-refractivity contribution is 0.0225. The number of para-hydroxylation sites is 1. The molecule has 0 spiro atoms. The Labute approximate surface area is 268 Å². The topological polar surface area (TPSA) is 78.0 Å². The number of nitrogens with zero attached hydrogens (tertiary/aromatic N) is 4. The molecule has 3 fully saturated rings. The second kappa shape index (κ2) is 13.9. The van der Waals surface area contributed by atoms with Crippen molar-refractivity contribution in [1.82, 2.24) is 25.0 Å². The summed E-state index contributed by atoms with van der Waals surface area (Å²) in [7, 11) is 0. The Morgan fingerprint density at radius 3 is 2.31 bits per heavy atom. The van der Waals surface area contributed by atoms with Gasteiger partial charge in [-0.3, -0.25) is 9.69 Å². The van der Waals surface area contributed by atoms with Crippen LogP contribution in [0.1, 0.15) is 81.6 Å². The predicted octanol–water partition coefficient (Wildman–Crippen LogP) is 6.48. The fourth-order valence-corrected chi connectivity index (χ4v) is 7.36. The predicted molar refractivity (Wildman–Crippen MR) is 179 cm³/mol. The van der Waals surface area contributed by atoms with Crippen LogP contribution in [0.3, 0.4) is 0 Å². The van der Waals surface area contributed by atoms with Gasteiger partial charge in [-0.05, 0) is 91.5 Å². The van der Waals surface area contributed by atoms with Crippen molar-refractivity contribution >= 4 is 22.9 Å². The number of benzene rings is 2. The smallest absolute Gasteiger partial charge is 0.410 e. The standard InChI is InChI=1S/C37H49N5O3/c1-37(2,3)45-36(44)42-22-12-15-29(42)25-38-35(43)33-30-16-8-9-17-32(30)39-34(27-13-6-4-7-14-27)31(33)26-40-23-18-28(19-24-40)41-20-10-5-11-21-41/h4,6-9,13-14,16-17,28-29H,5,10-12,15,18-26H2,1-3H3,(H,38,43). The Balaban J connectivity index is 1.28. The van der Waals surface area contributed by atoms with E-state index in [1.54, 1.807) is 4.90 Å². The molecule has 8 nitrogen and oxygen atoms in total. The molecule has 0 radical (unpaired) electrons. The molecule has 240 valence electrons. The summed E-state index contributed by atoms with van der Waals surface area (Å²) in [6.07, 6.45) is 7.73. The van der Waals surface area contributed by atoms with E-state index in [1.165, 1.54) is 32.4 Å². The Kier molecular flexibility index (Phi) is 9.71. The number of hydrogen-bond donors (Lipinski definition) is 1. The van der Waals surface area contributed by atoms with Crippen molar-refractivity contribution in [2.75, 3.05) is 39.3 Å². The van der Waals surface area contributed by atoms with Crippen LogP contribution in [-0.2, 0) is 11.3 Å². The molecule has 4 heterocycles. The SMILES string of the molecule is CC(C)(C)OC(=O)N1CCCC1CNC(=O)c1c(CN2CCC(N3CCCCC3)CC2)c(-c2ccccc2)nc2ccccc12. The highest BCUT2D eigenvalue weighted by atomic mass is 16.6. The highest BCUT2D eigenvalue weighted by Crippen LogP contribution is 2.33. The summed E-state index contributed by atoms with van der Waals surface area (Å²) >= 11 is 0. The lowest BCUT2D eigenvalue weighted by atomic mass is 9.94. The van der Waals surface area contributed by atoms with E-state index in [0.717, 1.165) is 66.5 Å². The van der Waals surface area contributed by atoms with Crippen LogP contribution in [0.2, 0.25) is 0 Å². The van der Waals surface area contributed by atoms with Gasteiger partial charge in [0.25, 0.3) is 5.91 Å². The van der Waals surface area contributed by atoms with Gasteiger partial charge >= 0.3 is 6.09 Å². The first kappa shape index (κ1) is 31.5. The molecule has 2 aromatic carbocycles. The molecule has 1 N–H and O–H groups in total. The molecular formula is C37H49N5O3. The summed E-state index contributed by atoms with van der Waals surface area (Å²) in [5, 5.41) is 4.11. The number of carbonyl (C=O) groups excluding carboxylic acids is 2. The van der Waals surface area contributed by atoms with Crippen molar-refractivity contribution in [3.8, 4) is 11.3 Å². The number of hydrogen-bond acceptors (Lipinski definition) is 6. The molecule has 0 aliphatic carbocycles. The second-order valence-electron chi connectivity index (χ2n) is 14.0. The van der Waals surface area contributed by atoms with Crippen LogP contribution in [0, 0.1) is 0 Å². The first-order chi connectivity index (χ1) is 21.8. The normalized spacial score (nSPS) is 20.4. The Morgan fingerprint density at radius 1 is 0.867 bits per heavy atom. The zero-order valence-corrected chi connectivity index (χ0v) is 27.3. The van der Waals surface area contributed by atoms with E-state index in [9.17, 15) is 9.59 Å². The maximum Gasteiger partial charge on any atom is 0.410 e. The third-order valence-corrected chi connectivity index (χ3v) is 9.62. The molecule has 3 aromatic rings. The van der Waals surface area contributed by atoms with E-state index < -0.39 is 5.60 Å². The van der Waals surface area contributed by atoms with Crippen molar-refractivity contribution in [3.05, 3.63) is 65.7 Å². The van der Waals surface area contributed by atoms with Crippen LogP contribution < -0.4 is 5.32 Å². The molecule has 1 unspecified atom stereocenters. The minimum absolute atomic E-state index is 0.0947. The first-order valence-electron chi connectivity index (χ1n) is 17.0. The van der Waals surface area contributed by atoms with Crippen LogP contribution in [-0.4, -0.2) is 88.6 Å². The van der Waals surface area contributed by atoms with Gasteiger partial charge in [0.05, 0.1) is 22.8 Å². The van der Waals surface area contributed by atoms with Gasteiger partial charge in [0.1, 0.15) is 5.60 Å². The quantitative estimate of drug-likeness (QED) is 0.330. The molecule has 6 rings (SSSR count). The number of likely N-dealkylation sites (tertiary alicyclic amines) is 3. The molecule has 1 atom stereocenters. The molecule has 0 saturated carbocycles. The van der Waals surface area contributed by atoms with Gasteiger partial charge in [-0.1, -0.05) is 55.0 Å². The van der Waals surface area contributed by atoms with Gasteiger partial charge in [-0.25, -0.2) is 9.78 Å². The van der Waals surface area contributed by atoms with Crippen LogP contribution in [0.5, 0.6) is 0 Å². The van der Waals surface area contributed by atoms with Crippen LogP contribution >= 0.6 is 0 Å². The first-order valence-corrected chi connectivity index (χ1v) is 17.0. The third kappa shape index (κ3) is 7.50. The number of rotatable bonds is 7. The van der Waals surface area contributed by atoms with Gasteiger partial charge in [0.15, 0.2) is 0 Å². The number of carbonyl (C=O) groups is 2. The van der Waals surface area contributed by atoms with E-state index in [2.05, 4.69) is 27.2 Å². The van der Waals surface area contributed by atoms with Crippen molar-refractivity contribution in [2.24, 2.45) is 0 Å². The molecule has 2 amide bonds. The summed E-state index contributed by atoms with van der Waals surface area (Å²) < 4.78 is 5.67. The van der Waals surface area contributed by atoms with Crippen molar-refractivity contribution in [3.63, 3.8) is 0 Å². The van der Waals surface area contributed by atoms with Gasteiger partial charge in [0.2, 0.25) is 0 Å². The largest absolute Gasteiger partial charge is 0.444 e. The minimum atomic E-state index is -0.561. The number of amides is 2. The number of pyridine rings is 1. The van der Waals surface area contributed by atoms with Crippen LogP contribution in [0.25, 0.3) is 22.2 Å². The Hall–Kier alpha value is -3.49. The second-order valence-corrected chi connectivity index (χ2v) is 14.0. The average molecular weight is 612 g/mol. The zero-order valence-electron chi connectivity index (χ0n) is 27.3. The third-order valence-electron chi connectivity index (χ3n) is 9.62. The molecule has 3 aliphatic rings. The number of fused-ring (bicyclic) bond motifs is 1. The average Bonchev–Trinajstić information content (AvgIpc) is 3.53. The molecule has 3 aliphatic heterocycles. The number of aromatic nitrogens is 1. The molecular weight excluding hydrogens is 562 g/mol. The molecule has 0 bridgehead atoms. The number of piperidine rings is 2. The van der Waals surface area contributed by atoms with Crippen LogP contribution in [0.4, 0.5) is 4.79 Å². The lowest BCUT2D eigenvalue weighted by Gasteiger charge is -2.40. The highest BCUT2D eigenvalue weighted by molar-refractivity contribution is 6.09. The van der Waals surface area contributed by atoms with E-state index in [-0.39, 0.29) is 18.0 Å². The summed E-state index contributed by atoms with van der Waals surface area (Å²) in [6, 6.07) is 18.8. The molecule has 45 heavy (non-hydrogen) atoms. The van der Waals surface area contributed by atoms with E-state index in [4.69, 9.17) is 9.72 Å². The van der Waals surface area contributed by atoms with Gasteiger partial charge in [0, 0.05) is 42.2 Å². The summed E-state index contributed by atoms with van der Waals surface area (Å²) in [5.74, 6) is -0.111. The zero-order chi connectivity index (χ0) is 31.4. The fourth-order valence-electron chi connectivity index (χ4n) is 7.36. The van der Waals surface area contributed by atoms with Crippen molar-refractivity contribution in [1.29, 1.82) is 0 Å². The monoisotopic (exact) mass is 611 g/mol. The van der Waals surface area contributed by atoms with Crippen molar-refractivity contribution < 1.29 is 14.3 Å². The summed E-state index contributed by atoms with van der Waals surface area (Å²) in [6.45, 7) is 11.8. The molecule has 8 heteroatoms. The summed E-state index contributed by atoms with van der Waals surface area (Å²) in [4.78, 5) is 39.4. The Bertz CT molecular complexity index is 1470. The summed E-state index contributed by atoms with van der Waals surface area (Å²) in [5.41, 5.74) is 3.80. The molecule has 3 saturated heterocycles. The number of nitrogens with one attached hydrogen (secondary N) is 1. The van der Waals surface area contributed by atoms with Crippen molar-refractivity contribution in [2.45, 2.75) is 89.9 Å². The van der Waals surface area contributed by atoms with Gasteiger partial charge < -0.3 is 19.9 Å². The molecule has 1 aromatic heterocycles. The van der Waals surface area contributed by atoms with Gasteiger partial charge in [-0.15, -0.1) is 0 Å². The van der Waals surface area contributed by atoms with E-state index >= 15 is 0 Å². The van der Waals surface area contributed by atoms with E-state index in [0.29, 0.717) is 31.2 Å². The highest BCUT2D eigenvalue weighted by Gasteiger charge is 2.33. The maximum atomic E-state index is 14.3. The van der Waals surface area contributed by atoms with Crippen LogP contribution in [0.15, 0.2) is 54.6 Å². The fraction of sp³-hybridized carbons (Fsp3) is 0.541. The van der Waals surface area contributed by atoms with Gasteiger partial charge in [-0.2, -0.15) is 0 Å². The Morgan fingerprint density at radius 2 is 1.58 bits per heavy atom. The van der Waals surface area contributed by atoms with E-state index in [1.807, 2.05) is 63.2 Å². The minimum Gasteiger partial charge on any atom is -0.444 e. The maximum absolute atomic E-state index is 14.3. The number of ether oxygens (including phenoxy) is 1.